The highest BCUT2D eigenvalue weighted by atomic mass is 35.5. The van der Waals surface area contributed by atoms with Crippen LogP contribution in [0.15, 0.2) is 54.2 Å². The normalized spacial score (nSPS) is 13.8. The summed E-state index contributed by atoms with van der Waals surface area (Å²) in [6, 6.07) is 14.2. The van der Waals surface area contributed by atoms with E-state index in [-0.39, 0.29) is 17.5 Å². The number of nitrogens with zero attached hydrogens (tertiary/aromatic N) is 1. The maximum absolute atomic E-state index is 13.2. The van der Waals surface area contributed by atoms with Gasteiger partial charge in [0.15, 0.2) is 0 Å². The van der Waals surface area contributed by atoms with Gasteiger partial charge in [0.2, 0.25) is 0 Å². The zero-order valence-electron chi connectivity index (χ0n) is 18.5. The SMILES string of the molecule is CCCCOCCCN1C(=O)C(Nc2cccc(OCC)c2)=C(c2ccc(Cl)cc2)C1=O. The highest BCUT2D eigenvalue weighted by Crippen LogP contribution is 2.32. The lowest BCUT2D eigenvalue weighted by Gasteiger charge is -2.15. The van der Waals surface area contributed by atoms with Gasteiger partial charge in [0.05, 0.1) is 12.2 Å². The molecule has 0 bridgehead atoms. The van der Waals surface area contributed by atoms with Crippen molar-refractivity contribution in [2.75, 3.05) is 31.7 Å². The summed E-state index contributed by atoms with van der Waals surface area (Å²) in [6.07, 6.45) is 2.65. The van der Waals surface area contributed by atoms with Crippen LogP contribution < -0.4 is 10.1 Å². The van der Waals surface area contributed by atoms with E-state index in [9.17, 15) is 9.59 Å². The Bertz CT molecular complexity index is 972. The van der Waals surface area contributed by atoms with E-state index in [2.05, 4.69) is 12.2 Å². The molecule has 32 heavy (non-hydrogen) atoms. The van der Waals surface area contributed by atoms with Crippen molar-refractivity contribution in [1.29, 1.82) is 0 Å². The number of rotatable bonds is 12. The van der Waals surface area contributed by atoms with Gasteiger partial charge < -0.3 is 14.8 Å². The minimum Gasteiger partial charge on any atom is -0.494 e. The molecule has 170 valence electrons. The second-order valence-electron chi connectivity index (χ2n) is 7.42. The minimum atomic E-state index is -0.352. The summed E-state index contributed by atoms with van der Waals surface area (Å²) in [7, 11) is 0. The third-order valence-corrected chi connectivity index (χ3v) is 5.28. The molecule has 1 aliphatic rings. The van der Waals surface area contributed by atoms with Crippen LogP contribution in [0.5, 0.6) is 5.75 Å². The molecule has 0 fully saturated rings. The number of imide groups is 1. The molecule has 0 saturated heterocycles. The standard InChI is InChI=1S/C25H29ClN2O4/c1-3-5-15-31-16-7-14-28-24(29)22(18-10-12-19(26)13-11-18)23(25(28)30)27-20-8-6-9-21(17-20)32-4-2/h6,8-13,17,27H,3-5,7,14-16H2,1-2H3. The van der Waals surface area contributed by atoms with E-state index < -0.39 is 0 Å². The van der Waals surface area contributed by atoms with Gasteiger partial charge in [-0.25, -0.2) is 0 Å². The number of carbonyl (C=O) groups excluding carboxylic acids is 2. The fraction of sp³-hybridized carbons (Fsp3) is 0.360. The summed E-state index contributed by atoms with van der Waals surface area (Å²) < 4.78 is 11.1. The first-order valence-electron chi connectivity index (χ1n) is 11.0. The molecule has 0 aromatic heterocycles. The molecule has 2 amide bonds. The van der Waals surface area contributed by atoms with E-state index in [1.165, 1.54) is 4.90 Å². The van der Waals surface area contributed by atoms with E-state index in [1.54, 1.807) is 30.3 Å². The summed E-state index contributed by atoms with van der Waals surface area (Å²) in [5, 5.41) is 3.72. The number of halogens is 1. The van der Waals surface area contributed by atoms with Gasteiger partial charge in [-0.05, 0) is 49.6 Å². The molecule has 3 rings (SSSR count). The highest BCUT2D eigenvalue weighted by Gasteiger charge is 2.38. The molecule has 6 nitrogen and oxygen atoms in total. The fourth-order valence-electron chi connectivity index (χ4n) is 3.43. The van der Waals surface area contributed by atoms with Crippen molar-refractivity contribution >= 4 is 34.7 Å². The molecule has 0 radical (unpaired) electrons. The number of nitrogens with one attached hydrogen (secondary N) is 1. The number of anilines is 1. The Balaban J connectivity index is 1.83. The maximum atomic E-state index is 13.2. The van der Waals surface area contributed by atoms with Crippen LogP contribution in [0.3, 0.4) is 0 Å². The predicted octanol–water partition coefficient (Wildman–Crippen LogP) is 5.14. The lowest BCUT2D eigenvalue weighted by molar-refractivity contribution is -0.137. The lowest BCUT2D eigenvalue weighted by Crippen LogP contribution is -2.34. The molecule has 1 N–H and O–H groups in total. The smallest absolute Gasteiger partial charge is 0.278 e. The third kappa shape index (κ3) is 5.90. The van der Waals surface area contributed by atoms with E-state index >= 15 is 0 Å². The van der Waals surface area contributed by atoms with Crippen LogP contribution in [0.1, 0.15) is 38.7 Å². The molecular weight excluding hydrogens is 428 g/mol. The summed E-state index contributed by atoms with van der Waals surface area (Å²) in [5.41, 5.74) is 1.89. The molecule has 0 saturated carbocycles. The maximum Gasteiger partial charge on any atom is 0.278 e. The Morgan fingerprint density at radius 3 is 2.44 bits per heavy atom. The minimum absolute atomic E-state index is 0.248. The molecule has 7 heteroatoms. The molecule has 1 aliphatic heterocycles. The Kier molecular flexibility index (Phi) is 8.71. The molecule has 0 aliphatic carbocycles. The number of hydrogen-bond donors (Lipinski definition) is 1. The topological polar surface area (TPSA) is 67.9 Å². The van der Waals surface area contributed by atoms with Crippen molar-refractivity contribution in [2.24, 2.45) is 0 Å². The average Bonchev–Trinajstić information content (AvgIpc) is 3.01. The van der Waals surface area contributed by atoms with Crippen molar-refractivity contribution < 1.29 is 19.1 Å². The van der Waals surface area contributed by atoms with Crippen molar-refractivity contribution in [3.05, 3.63) is 64.8 Å². The van der Waals surface area contributed by atoms with Crippen LogP contribution in [-0.2, 0) is 14.3 Å². The van der Waals surface area contributed by atoms with E-state index in [0.29, 0.717) is 60.4 Å². The monoisotopic (exact) mass is 456 g/mol. The van der Waals surface area contributed by atoms with Gasteiger partial charge in [-0.2, -0.15) is 0 Å². The molecule has 1 heterocycles. The number of unbranched alkanes of at least 4 members (excludes halogenated alkanes) is 1. The van der Waals surface area contributed by atoms with Crippen molar-refractivity contribution in [2.45, 2.75) is 33.1 Å². The average molecular weight is 457 g/mol. The van der Waals surface area contributed by atoms with Gasteiger partial charge in [0, 0.05) is 36.5 Å². The van der Waals surface area contributed by atoms with E-state index in [4.69, 9.17) is 21.1 Å². The van der Waals surface area contributed by atoms with Crippen LogP contribution in [0.2, 0.25) is 5.02 Å². The van der Waals surface area contributed by atoms with Crippen LogP contribution in [0, 0.1) is 0 Å². The number of ether oxygens (including phenoxy) is 2. The van der Waals surface area contributed by atoms with Crippen molar-refractivity contribution in [3.8, 4) is 5.75 Å². The molecule has 0 spiro atoms. The first-order valence-corrected chi connectivity index (χ1v) is 11.4. The van der Waals surface area contributed by atoms with Gasteiger partial charge in [0.1, 0.15) is 11.4 Å². The van der Waals surface area contributed by atoms with Crippen LogP contribution in [-0.4, -0.2) is 43.1 Å². The lowest BCUT2D eigenvalue weighted by atomic mass is 10.0. The molecular formula is C25H29ClN2O4. The highest BCUT2D eigenvalue weighted by molar-refractivity contribution is 6.36. The van der Waals surface area contributed by atoms with Crippen LogP contribution >= 0.6 is 11.6 Å². The van der Waals surface area contributed by atoms with E-state index in [1.807, 2.05) is 25.1 Å². The molecule has 0 atom stereocenters. The predicted molar refractivity (Wildman–Crippen MR) is 127 cm³/mol. The quantitative estimate of drug-likeness (QED) is 0.354. The number of hydrogen-bond acceptors (Lipinski definition) is 5. The molecule has 0 unspecified atom stereocenters. The van der Waals surface area contributed by atoms with Crippen LogP contribution in [0.25, 0.3) is 5.57 Å². The van der Waals surface area contributed by atoms with Crippen molar-refractivity contribution in [1.82, 2.24) is 4.90 Å². The first-order chi connectivity index (χ1) is 15.5. The Labute approximate surface area is 194 Å². The molecule has 2 aromatic carbocycles. The van der Waals surface area contributed by atoms with Gasteiger partial charge in [-0.1, -0.05) is 43.1 Å². The number of amides is 2. The van der Waals surface area contributed by atoms with Gasteiger partial charge >= 0.3 is 0 Å². The second kappa shape index (κ2) is 11.7. The Morgan fingerprint density at radius 1 is 0.969 bits per heavy atom. The van der Waals surface area contributed by atoms with Gasteiger partial charge in [-0.15, -0.1) is 0 Å². The number of benzene rings is 2. The Morgan fingerprint density at radius 2 is 1.72 bits per heavy atom. The Hall–Kier alpha value is -2.83. The zero-order chi connectivity index (χ0) is 22.9. The van der Waals surface area contributed by atoms with Gasteiger partial charge in [-0.3, -0.25) is 14.5 Å². The molecule has 2 aromatic rings. The fourth-order valence-corrected chi connectivity index (χ4v) is 3.55. The first kappa shape index (κ1) is 23.8. The second-order valence-corrected chi connectivity index (χ2v) is 7.86. The summed E-state index contributed by atoms with van der Waals surface area (Å²) in [6.45, 7) is 6.04. The van der Waals surface area contributed by atoms with E-state index in [0.717, 1.165) is 12.8 Å². The summed E-state index contributed by atoms with van der Waals surface area (Å²) in [5.74, 6) is 0.00802. The third-order valence-electron chi connectivity index (χ3n) is 5.03. The largest absolute Gasteiger partial charge is 0.494 e. The van der Waals surface area contributed by atoms with Crippen LogP contribution in [0.4, 0.5) is 5.69 Å². The van der Waals surface area contributed by atoms with Crippen molar-refractivity contribution in [3.63, 3.8) is 0 Å². The van der Waals surface area contributed by atoms with Gasteiger partial charge in [0.25, 0.3) is 11.8 Å². The summed E-state index contributed by atoms with van der Waals surface area (Å²) in [4.78, 5) is 27.8. The summed E-state index contributed by atoms with van der Waals surface area (Å²) >= 11 is 6.02. The zero-order valence-corrected chi connectivity index (χ0v) is 19.3. The number of carbonyl (C=O) groups is 2.